The minimum atomic E-state index is -0.0882. The van der Waals surface area contributed by atoms with E-state index in [0.717, 1.165) is 52.9 Å². The van der Waals surface area contributed by atoms with Crippen molar-refractivity contribution in [3.63, 3.8) is 0 Å². The van der Waals surface area contributed by atoms with E-state index in [1.165, 1.54) is 0 Å². The standard InChI is InChI=1S/C17H18N4O2S2/c22-17(12-1-2-14-15(9-12)20-25-19-14)18-10-16(13-3-6-23-11-13)21-4-7-24-8-5-21/h1-3,6,9,11,16H,4-5,7-8,10H2,(H,18,22)/t16-/m0/s1. The van der Waals surface area contributed by atoms with Gasteiger partial charge in [0, 0.05) is 42.3 Å². The highest BCUT2D eigenvalue weighted by molar-refractivity contribution is 7.99. The van der Waals surface area contributed by atoms with Gasteiger partial charge in [-0.3, -0.25) is 9.69 Å². The number of carbonyl (C=O) groups is 1. The maximum Gasteiger partial charge on any atom is 0.251 e. The Morgan fingerprint density at radius 3 is 2.88 bits per heavy atom. The molecule has 0 saturated carbocycles. The Hall–Kier alpha value is -1.90. The number of amides is 1. The van der Waals surface area contributed by atoms with Crippen molar-refractivity contribution >= 4 is 40.4 Å². The minimum Gasteiger partial charge on any atom is -0.472 e. The van der Waals surface area contributed by atoms with Gasteiger partial charge < -0.3 is 9.73 Å². The number of hydrogen-bond donors (Lipinski definition) is 1. The molecule has 130 valence electrons. The van der Waals surface area contributed by atoms with Crippen molar-refractivity contribution in [1.82, 2.24) is 19.0 Å². The van der Waals surface area contributed by atoms with Crippen molar-refractivity contribution in [2.45, 2.75) is 6.04 Å². The van der Waals surface area contributed by atoms with Crippen molar-refractivity contribution in [3.8, 4) is 0 Å². The zero-order chi connectivity index (χ0) is 17.1. The topological polar surface area (TPSA) is 71.3 Å². The molecule has 0 bridgehead atoms. The summed E-state index contributed by atoms with van der Waals surface area (Å²) in [6, 6.07) is 7.53. The number of nitrogens with one attached hydrogen (secondary N) is 1. The molecule has 1 amide bonds. The number of furan rings is 1. The maximum atomic E-state index is 12.6. The van der Waals surface area contributed by atoms with Crippen LogP contribution in [0, 0.1) is 0 Å². The van der Waals surface area contributed by atoms with Crippen molar-refractivity contribution in [3.05, 3.63) is 47.9 Å². The van der Waals surface area contributed by atoms with Gasteiger partial charge in [-0.2, -0.15) is 20.5 Å². The molecular formula is C17H18N4O2S2. The zero-order valence-corrected chi connectivity index (χ0v) is 15.2. The molecule has 25 heavy (non-hydrogen) atoms. The highest BCUT2D eigenvalue weighted by atomic mass is 32.2. The van der Waals surface area contributed by atoms with Crippen LogP contribution in [0.4, 0.5) is 0 Å². The summed E-state index contributed by atoms with van der Waals surface area (Å²) in [5.74, 6) is 2.15. The summed E-state index contributed by atoms with van der Waals surface area (Å²) in [7, 11) is 0. The molecule has 8 heteroatoms. The molecule has 0 radical (unpaired) electrons. The average Bonchev–Trinajstić information content (AvgIpc) is 3.34. The summed E-state index contributed by atoms with van der Waals surface area (Å²) < 4.78 is 13.6. The van der Waals surface area contributed by atoms with E-state index in [4.69, 9.17) is 4.42 Å². The highest BCUT2D eigenvalue weighted by Crippen LogP contribution is 2.24. The van der Waals surface area contributed by atoms with Crippen LogP contribution in [0.1, 0.15) is 22.0 Å². The first-order chi connectivity index (χ1) is 12.3. The zero-order valence-electron chi connectivity index (χ0n) is 13.6. The monoisotopic (exact) mass is 374 g/mol. The first-order valence-electron chi connectivity index (χ1n) is 8.16. The van der Waals surface area contributed by atoms with E-state index < -0.39 is 0 Å². The van der Waals surface area contributed by atoms with Gasteiger partial charge in [0.05, 0.1) is 30.3 Å². The molecule has 1 N–H and O–H groups in total. The van der Waals surface area contributed by atoms with E-state index in [1.54, 1.807) is 24.7 Å². The van der Waals surface area contributed by atoms with Gasteiger partial charge in [-0.1, -0.05) is 0 Å². The van der Waals surface area contributed by atoms with Crippen LogP contribution in [-0.4, -0.2) is 50.7 Å². The third kappa shape index (κ3) is 3.70. The predicted octanol–water partition coefficient (Wildman–Crippen LogP) is 2.80. The second-order valence-corrected chi connectivity index (χ2v) is 7.65. The van der Waals surface area contributed by atoms with Crippen LogP contribution in [0.25, 0.3) is 11.0 Å². The van der Waals surface area contributed by atoms with Crippen molar-refractivity contribution in [2.24, 2.45) is 0 Å². The van der Waals surface area contributed by atoms with Gasteiger partial charge in [0.1, 0.15) is 11.0 Å². The number of hydrogen-bond acceptors (Lipinski definition) is 7. The largest absolute Gasteiger partial charge is 0.472 e. The number of thioether (sulfide) groups is 1. The van der Waals surface area contributed by atoms with Gasteiger partial charge in [-0.25, -0.2) is 0 Å². The number of nitrogens with zero attached hydrogens (tertiary/aromatic N) is 3. The van der Waals surface area contributed by atoms with Crippen molar-refractivity contribution in [1.29, 1.82) is 0 Å². The van der Waals surface area contributed by atoms with E-state index >= 15 is 0 Å². The van der Waals surface area contributed by atoms with Crippen LogP contribution in [0.15, 0.2) is 41.2 Å². The lowest BCUT2D eigenvalue weighted by Crippen LogP contribution is -2.41. The lowest BCUT2D eigenvalue weighted by Gasteiger charge is -2.34. The number of fused-ring (bicyclic) bond motifs is 1. The summed E-state index contributed by atoms with van der Waals surface area (Å²) in [4.78, 5) is 15.0. The van der Waals surface area contributed by atoms with E-state index in [-0.39, 0.29) is 11.9 Å². The molecule has 0 spiro atoms. The van der Waals surface area contributed by atoms with Gasteiger partial charge in [0.2, 0.25) is 0 Å². The smallest absolute Gasteiger partial charge is 0.251 e. The minimum absolute atomic E-state index is 0.0882. The average molecular weight is 374 g/mol. The normalized spacial score (nSPS) is 16.8. The van der Waals surface area contributed by atoms with Crippen LogP contribution in [0.2, 0.25) is 0 Å². The van der Waals surface area contributed by atoms with Gasteiger partial charge >= 0.3 is 0 Å². The lowest BCUT2D eigenvalue weighted by atomic mass is 10.1. The van der Waals surface area contributed by atoms with Crippen LogP contribution < -0.4 is 5.32 Å². The van der Waals surface area contributed by atoms with Crippen LogP contribution in [0.3, 0.4) is 0 Å². The second-order valence-electron chi connectivity index (χ2n) is 5.90. The Labute approximate surface area is 153 Å². The molecule has 1 fully saturated rings. The molecule has 1 aliphatic rings. The number of benzene rings is 1. The summed E-state index contributed by atoms with van der Waals surface area (Å²) >= 11 is 3.13. The Morgan fingerprint density at radius 2 is 2.08 bits per heavy atom. The maximum absolute atomic E-state index is 12.6. The summed E-state index contributed by atoms with van der Waals surface area (Å²) in [5, 5.41) is 3.07. The molecule has 0 unspecified atom stereocenters. The predicted molar refractivity (Wildman–Crippen MR) is 100 cm³/mol. The Kier molecular flexibility index (Phi) is 5.00. The Bertz CT molecular complexity index is 843. The van der Waals surface area contributed by atoms with Crippen molar-refractivity contribution in [2.75, 3.05) is 31.1 Å². The number of carbonyl (C=O) groups excluding carboxylic acids is 1. The van der Waals surface area contributed by atoms with Gasteiger partial charge in [0.25, 0.3) is 5.91 Å². The third-order valence-electron chi connectivity index (χ3n) is 4.39. The van der Waals surface area contributed by atoms with Crippen molar-refractivity contribution < 1.29 is 9.21 Å². The van der Waals surface area contributed by atoms with Gasteiger partial charge in [-0.15, -0.1) is 0 Å². The first kappa shape index (κ1) is 16.6. The molecule has 0 aliphatic carbocycles. The summed E-state index contributed by atoms with van der Waals surface area (Å²) in [6.07, 6.45) is 3.46. The molecule has 3 aromatic rings. The van der Waals surface area contributed by atoms with Crippen LogP contribution in [0.5, 0.6) is 0 Å². The molecule has 3 heterocycles. The molecule has 4 rings (SSSR count). The molecule has 1 saturated heterocycles. The molecular weight excluding hydrogens is 356 g/mol. The van der Waals surface area contributed by atoms with Crippen LogP contribution in [-0.2, 0) is 0 Å². The Morgan fingerprint density at radius 1 is 1.24 bits per heavy atom. The fourth-order valence-electron chi connectivity index (χ4n) is 3.03. The highest BCUT2D eigenvalue weighted by Gasteiger charge is 2.24. The fourth-order valence-corrected chi connectivity index (χ4v) is 4.48. The SMILES string of the molecule is O=C(NC[C@@H](c1ccoc1)N1CCSCC1)c1ccc2nsnc2c1. The molecule has 1 aromatic carbocycles. The fraction of sp³-hybridized carbons (Fsp3) is 0.353. The first-order valence-corrected chi connectivity index (χ1v) is 10.0. The number of aromatic nitrogens is 2. The second kappa shape index (κ2) is 7.55. The third-order valence-corrected chi connectivity index (χ3v) is 5.89. The quantitative estimate of drug-likeness (QED) is 0.740. The molecule has 2 aromatic heterocycles. The van der Waals surface area contributed by atoms with E-state index in [0.29, 0.717) is 12.1 Å². The van der Waals surface area contributed by atoms with E-state index in [2.05, 4.69) is 19.0 Å². The van der Waals surface area contributed by atoms with E-state index in [9.17, 15) is 4.79 Å². The van der Waals surface area contributed by atoms with Crippen LogP contribution >= 0.6 is 23.5 Å². The lowest BCUT2D eigenvalue weighted by molar-refractivity contribution is 0.0935. The molecule has 6 nitrogen and oxygen atoms in total. The Balaban J connectivity index is 1.47. The summed E-state index contributed by atoms with van der Waals surface area (Å²) in [6.45, 7) is 2.59. The number of rotatable bonds is 5. The summed E-state index contributed by atoms with van der Waals surface area (Å²) in [5.41, 5.74) is 3.30. The molecule has 1 aliphatic heterocycles. The molecule has 1 atom stereocenters. The van der Waals surface area contributed by atoms with Gasteiger partial charge in [-0.05, 0) is 24.3 Å². The van der Waals surface area contributed by atoms with E-state index in [1.807, 2.05) is 23.9 Å². The van der Waals surface area contributed by atoms with Gasteiger partial charge in [0.15, 0.2) is 0 Å².